The molecule has 1 aromatic carbocycles. The summed E-state index contributed by atoms with van der Waals surface area (Å²) in [5, 5.41) is 14.0. The maximum absolute atomic E-state index is 12.7. The molecule has 0 spiro atoms. The third-order valence-corrected chi connectivity index (χ3v) is 5.09. The van der Waals surface area contributed by atoms with Crippen LogP contribution in [0.2, 0.25) is 0 Å². The Balaban J connectivity index is 1.78. The summed E-state index contributed by atoms with van der Waals surface area (Å²) < 4.78 is 73.3. The Morgan fingerprint density at radius 3 is 2.66 bits per heavy atom. The van der Waals surface area contributed by atoms with Crippen LogP contribution in [0.5, 0.6) is 11.5 Å². The summed E-state index contributed by atoms with van der Waals surface area (Å²) in [5.74, 6) is -0.427. The van der Waals surface area contributed by atoms with Crippen LogP contribution in [0.15, 0.2) is 18.2 Å². The first kappa shape index (κ1) is 13.5. The normalized spacial score (nSPS) is 29.4. The molecule has 1 amide bonds. The van der Waals surface area contributed by atoms with Crippen LogP contribution in [-0.2, 0) is 4.79 Å². The number of benzene rings is 1. The van der Waals surface area contributed by atoms with Crippen molar-refractivity contribution in [2.45, 2.75) is 70.3 Å². The van der Waals surface area contributed by atoms with E-state index in [1.54, 1.807) is 0 Å². The number of aliphatic hydroxyl groups is 1. The van der Waals surface area contributed by atoms with Crippen molar-refractivity contribution in [2.75, 3.05) is 32.8 Å². The summed E-state index contributed by atoms with van der Waals surface area (Å²) in [7, 11) is 0. The van der Waals surface area contributed by atoms with Gasteiger partial charge < -0.3 is 24.8 Å². The molecule has 0 aromatic heterocycles. The number of unbranched alkanes of at least 4 members (excludes halogenated alkanes) is 4. The molecule has 2 heterocycles. The van der Waals surface area contributed by atoms with Crippen LogP contribution in [0.3, 0.4) is 0 Å². The first-order chi connectivity index (χ1) is 17.1. The standard InChI is InChI=1S/C23H36N2O4/c1-2-3-4-5-6-9-22(26)24-19(17-25-12-7-8-13-25)23(27)18-10-11-20-21(16-18)29-15-14-28-20/h10-11,16,19,23,27H,2-9,12-15,17H2,1H3,(H,24,26)/t19-,23-/m1/s1/i7D2,8D2,14D2,15D2. The van der Waals surface area contributed by atoms with E-state index in [9.17, 15) is 9.90 Å². The Bertz CT molecular complexity index is 947. The molecule has 0 unspecified atom stereocenters. The molecule has 6 nitrogen and oxygen atoms in total. The highest BCUT2D eigenvalue weighted by Crippen LogP contribution is 2.33. The van der Waals surface area contributed by atoms with E-state index in [-0.39, 0.29) is 49.0 Å². The highest BCUT2D eigenvalue weighted by Gasteiger charge is 2.27. The molecule has 29 heavy (non-hydrogen) atoms. The average Bonchev–Trinajstić information content (AvgIpc) is 2.98. The van der Waals surface area contributed by atoms with Crippen molar-refractivity contribution < 1.29 is 30.3 Å². The number of hydrogen-bond donors (Lipinski definition) is 2. The van der Waals surface area contributed by atoms with Gasteiger partial charge in [-0.2, -0.15) is 0 Å². The zero-order valence-electron chi connectivity index (χ0n) is 24.9. The predicted molar refractivity (Wildman–Crippen MR) is 113 cm³/mol. The molecule has 2 aliphatic rings. The number of amides is 1. The van der Waals surface area contributed by atoms with Crippen molar-refractivity contribution >= 4 is 5.91 Å². The molecule has 0 aliphatic carbocycles. The van der Waals surface area contributed by atoms with Gasteiger partial charge in [0, 0.05) is 18.4 Å². The second-order valence-electron chi connectivity index (χ2n) is 7.42. The summed E-state index contributed by atoms with van der Waals surface area (Å²) in [6.07, 6.45) is -0.463. The first-order valence-electron chi connectivity index (χ1n) is 14.3. The number of nitrogens with zero attached hydrogens (tertiary/aromatic N) is 1. The summed E-state index contributed by atoms with van der Waals surface area (Å²) in [5.41, 5.74) is 0.249. The molecule has 3 rings (SSSR count). The third kappa shape index (κ3) is 6.61. The van der Waals surface area contributed by atoms with Crippen molar-refractivity contribution in [1.82, 2.24) is 10.2 Å². The average molecular weight is 413 g/mol. The van der Waals surface area contributed by atoms with Gasteiger partial charge in [0.2, 0.25) is 5.91 Å². The summed E-state index contributed by atoms with van der Waals surface area (Å²) in [6.45, 7) is -3.81. The smallest absolute Gasteiger partial charge is 0.220 e. The first-order valence-corrected chi connectivity index (χ1v) is 10.3. The fraction of sp³-hybridized carbons (Fsp3) is 0.696. The van der Waals surface area contributed by atoms with Gasteiger partial charge in [0.15, 0.2) is 11.5 Å². The molecule has 1 fully saturated rings. The number of carbonyl (C=O) groups is 1. The van der Waals surface area contributed by atoms with Gasteiger partial charge in [0.05, 0.1) is 11.5 Å². The molecular formula is C23H36N2O4. The zero-order valence-corrected chi connectivity index (χ0v) is 16.9. The summed E-state index contributed by atoms with van der Waals surface area (Å²) in [6, 6.07) is 3.20. The second-order valence-corrected chi connectivity index (χ2v) is 7.42. The Morgan fingerprint density at radius 2 is 1.90 bits per heavy atom. The van der Waals surface area contributed by atoms with Crippen LogP contribution >= 0.6 is 0 Å². The van der Waals surface area contributed by atoms with Crippen molar-refractivity contribution in [3.63, 3.8) is 0 Å². The van der Waals surface area contributed by atoms with E-state index >= 15 is 0 Å². The Kier molecular flexibility index (Phi) is 5.31. The Morgan fingerprint density at radius 1 is 1.17 bits per heavy atom. The second kappa shape index (κ2) is 11.4. The molecule has 1 aromatic rings. The maximum atomic E-state index is 12.7. The van der Waals surface area contributed by atoms with Crippen LogP contribution in [0.25, 0.3) is 0 Å². The van der Waals surface area contributed by atoms with Gasteiger partial charge >= 0.3 is 0 Å². The van der Waals surface area contributed by atoms with Crippen LogP contribution in [-0.4, -0.2) is 54.7 Å². The zero-order chi connectivity index (χ0) is 27.6. The van der Waals surface area contributed by atoms with Gasteiger partial charge in [0.1, 0.15) is 19.2 Å². The molecule has 2 atom stereocenters. The minimum atomic E-state index is -2.78. The number of fused-ring (bicyclic) bond motifs is 1. The van der Waals surface area contributed by atoms with Crippen molar-refractivity contribution in [1.29, 1.82) is 0 Å². The number of nitrogens with one attached hydrogen (secondary N) is 1. The molecule has 6 heteroatoms. The van der Waals surface area contributed by atoms with Crippen molar-refractivity contribution in [3.8, 4) is 11.5 Å². The van der Waals surface area contributed by atoms with Crippen LogP contribution in [0, 0.1) is 0 Å². The van der Waals surface area contributed by atoms with E-state index < -0.39 is 38.0 Å². The lowest BCUT2D eigenvalue weighted by Crippen LogP contribution is -2.46. The molecule has 0 saturated carbocycles. The Labute approximate surface area is 185 Å². The lowest BCUT2D eigenvalue weighted by molar-refractivity contribution is -0.123. The van der Waals surface area contributed by atoms with Gasteiger partial charge in [-0.3, -0.25) is 4.79 Å². The monoisotopic (exact) mass is 412 g/mol. The fourth-order valence-corrected chi connectivity index (χ4v) is 3.45. The SMILES string of the molecule is [2H]C1([2H])CN(C[C@@H](NC(=O)CCCCCCC)[C@H](O)c2ccc3c(c2)OC([2H])([2H])C([2H])([2H])O3)CC1([2H])[2H]. The van der Waals surface area contributed by atoms with E-state index in [2.05, 4.69) is 12.2 Å². The molecule has 0 radical (unpaired) electrons. The number of hydrogen-bond acceptors (Lipinski definition) is 5. The predicted octanol–water partition coefficient (Wildman–Crippen LogP) is 3.43. The molecule has 2 N–H and O–H groups in total. The van der Waals surface area contributed by atoms with E-state index in [4.69, 9.17) is 20.4 Å². The minimum absolute atomic E-state index is 0.0143. The van der Waals surface area contributed by atoms with Gasteiger partial charge in [-0.05, 0) is 50.0 Å². The van der Waals surface area contributed by atoms with Crippen LogP contribution in [0.4, 0.5) is 0 Å². The summed E-state index contributed by atoms with van der Waals surface area (Å²) in [4.78, 5) is 14.2. The maximum Gasteiger partial charge on any atom is 0.220 e. The van der Waals surface area contributed by atoms with Crippen LogP contribution in [0.1, 0.15) is 80.8 Å². The fourth-order valence-electron chi connectivity index (χ4n) is 3.45. The Hall–Kier alpha value is -1.79. The van der Waals surface area contributed by atoms with E-state index in [0.29, 0.717) is 6.42 Å². The lowest BCUT2D eigenvalue weighted by atomic mass is 10.0. The largest absolute Gasteiger partial charge is 0.486 e. The van der Waals surface area contributed by atoms with Crippen LogP contribution < -0.4 is 14.8 Å². The topological polar surface area (TPSA) is 71.0 Å². The van der Waals surface area contributed by atoms with Gasteiger partial charge in [0.25, 0.3) is 0 Å². The van der Waals surface area contributed by atoms with Gasteiger partial charge in [-0.15, -0.1) is 0 Å². The lowest BCUT2D eigenvalue weighted by Gasteiger charge is -2.29. The van der Waals surface area contributed by atoms with Crippen molar-refractivity contribution in [3.05, 3.63) is 23.8 Å². The van der Waals surface area contributed by atoms with E-state index in [0.717, 1.165) is 25.7 Å². The minimum Gasteiger partial charge on any atom is -0.486 e. The van der Waals surface area contributed by atoms with Gasteiger partial charge in [-0.25, -0.2) is 0 Å². The molecule has 162 valence electrons. The molecular weight excluding hydrogens is 368 g/mol. The van der Waals surface area contributed by atoms with Crippen molar-refractivity contribution in [2.24, 2.45) is 0 Å². The molecule has 2 aliphatic heterocycles. The number of rotatable bonds is 11. The molecule has 1 saturated heterocycles. The highest BCUT2D eigenvalue weighted by molar-refractivity contribution is 5.76. The quantitative estimate of drug-likeness (QED) is 0.545. The summed E-state index contributed by atoms with van der Waals surface area (Å²) >= 11 is 0. The van der Waals surface area contributed by atoms with E-state index in [1.807, 2.05) is 0 Å². The third-order valence-electron chi connectivity index (χ3n) is 5.09. The van der Waals surface area contributed by atoms with Gasteiger partial charge in [-0.1, -0.05) is 38.7 Å². The van der Waals surface area contributed by atoms with E-state index in [1.165, 1.54) is 23.1 Å². The number of likely N-dealkylation sites (tertiary alicyclic amines) is 1. The highest BCUT2D eigenvalue weighted by atomic mass is 16.6. The molecule has 0 bridgehead atoms. The number of carbonyl (C=O) groups excluding carboxylic acids is 1. The number of ether oxygens (including phenoxy) is 2. The number of aliphatic hydroxyl groups excluding tert-OH is 1.